The molecule has 4 heteroatoms. The lowest BCUT2D eigenvalue weighted by Crippen LogP contribution is -1.83. The first-order chi connectivity index (χ1) is 5.29. The molecular formula is C7H6BrN3. The summed E-state index contributed by atoms with van der Waals surface area (Å²) in [6.45, 7) is 1.96. The van der Waals surface area contributed by atoms with Gasteiger partial charge in [-0.2, -0.15) is 0 Å². The number of halogens is 1. The number of hydrogen-bond donors (Lipinski definition) is 0. The van der Waals surface area contributed by atoms with Gasteiger partial charge in [0.1, 0.15) is 4.60 Å². The highest BCUT2D eigenvalue weighted by Crippen LogP contribution is 2.16. The van der Waals surface area contributed by atoms with E-state index < -0.39 is 0 Å². The average Bonchev–Trinajstić information content (AvgIpc) is 2.30. The van der Waals surface area contributed by atoms with Gasteiger partial charge in [0.15, 0.2) is 5.65 Å². The van der Waals surface area contributed by atoms with E-state index in [1.807, 2.05) is 17.5 Å². The van der Waals surface area contributed by atoms with Gasteiger partial charge in [-0.1, -0.05) is 0 Å². The number of aryl methyl sites for hydroxylation is 1. The molecule has 0 atom stereocenters. The molecule has 11 heavy (non-hydrogen) atoms. The predicted octanol–water partition coefficient (Wildman–Crippen LogP) is 1.80. The van der Waals surface area contributed by atoms with E-state index in [4.69, 9.17) is 0 Å². The number of aromatic nitrogens is 3. The van der Waals surface area contributed by atoms with Gasteiger partial charge in [-0.15, -0.1) is 0 Å². The van der Waals surface area contributed by atoms with E-state index in [0.717, 1.165) is 15.9 Å². The summed E-state index contributed by atoms with van der Waals surface area (Å²) in [5.41, 5.74) is 1.86. The maximum atomic E-state index is 4.27. The molecule has 0 aromatic carbocycles. The minimum atomic E-state index is 0.872. The Kier molecular flexibility index (Phi) is 1.42. The molecule has 2 heterocycles. The number of rotatable bonds is 0. The van der Waals surface area contributed by atoms with E-state index in [0.29, 0.717) is 0 Å². The molecule has 0 amide bonds. The molecule has 0 radical (unpaired) electrons. The summed E-state index contributed by atoms with van der Waals surface area (Å²) in [5, 5.41) is 0. The summed E-state index contributed by atoms with van der Waals surface area (Å²) in [4.78, 5) is 8.23. The highest BCUT2D eigenvalue weighted by Gasteiger charge is 2.02. The summed E-state index contributed by atoms with van der Waals surface area (Å²) in [5.74, 6) is 0. The smallest absolute Gasteiger partial charge is 0.156 e. The normalized spacial score (nSPS) is 10.7. The summed E-state index contributed by atoms with van der Waals surface area (Å²) in [6.07, 6.45) is 5.34. The Morgan fingerprint density at radius 1 is 1.55 bits per heavy atom. The number of nitrogens with zero attached hydrogens (tertiary/aromatic N) is 3. The van der Waals surface area contributed by atoms with Crippen LogP contribution in [0.5, 0.6) is 0 Å². The topological polar surface area (TPSA) is 30.2 Å². The zero-order valence-corrected chi connectivity index (χ0v) is 7.54. The number of hydrogen-bond acceptors (Lipinski definition) is 2. The van der Waals surface area contributed by atoms with Gasteiger partial charge in [0.05, 0.1) is 11.9 Å². The molecule has 0 aliphatic heterocycles. The average molecular weight is 212 g/mol. The summed E-state index contributed by atoms with van der Waals surface area (Å²) in [6, 6.07) is 0. The fraction of sp³-hybridized carbons (Fsp3) is 0.143. The standard InChI is InChI=1S/C7H6BrN3/c1-5-7(8)11-3-2-9-4-6(11)10-5/h2-4H,1H3. The third kappa shape index (κ3) is 0.939. The highest BCUT2D eigenvalue weighted by molar-refractivity contribution is 9.10. The van der Waals surface area contributed by atoms with Crippen LogP contribution in [-0.2, 0) is 0 Å². The second-order valence-electron chi connectivity index (χ2n) is 2.29. The first-order valence-electron chi connectivity index (χ1n) is 3.23. The summed E-state index contributed by atoms with van der Waals surface area (Å²) >= 11 is 3.42. The lowest BCUT2D eigenvalue weighted by Gasteiger charge is -1.90. The molecule has 2 aromatic rings. The van der Waals surface area contributed by atoms with Crippen molar-refractivity contribution in [1.82, 2.24) is 14.4 Å². The Labute approximate surface area is 72.2 Å². The highest BCUT2D eigenvalue weighted by atomic mass is 79.9. The molecule has 0 fully saturated rings. The number of imidazole rings is 1. The molecule has 0 unspecified atom stereocenters. The Hall–Kier alpha value is -0.900. The van der Waals surface area contributed by atoms with Crippen molar-refractivity contribution in [3.05, 3.63) is 28.9 Å². The minimum absolute atomic E-state index is 0.872. The van der Waals surface area contributed by atoms with Crippen LogP contribution < -0.4 is 0 Å². The molecule has 0 spiro atoms. The molecule has 0 saturated heterocycles. The lowest BCUT2D eigenvalue weighted by atomic mass is 10.6. The Balaban J connectivity index is 2.92. The zero-order chi connectivity index (χ0) is 7.84. The van der Waals surface area contributed by atoms with Gasteiger partial charge < -0.3 is 0 Å². The van der Waals surface area contributed by atoms with Gasteiger partial charge in [0, 0.05) is 12.4 Å². The van der Waals surface area contributed by atoms with Gasteiger partial charge >= 0.3 is 0 Å². The van der Waals surface area contributed by atoms with Gasteiger partial charge in [0.25, 0.3) is 0 Å². The van der Waals surface area contributed by atoms with Crippen LogP contribution in [0.25, 0.3) is 5.65 Å². The quantitative estimate of drug-likeness (QED) is 0.666. The maximum absolute atomic E-state index is 4.27. The van der Waals surface area contributed by atoms with Crippen LogP contribution in [0.1, 0.15) is 5.69 Å². The first-order valence-corrected chi connectivity index (χ1v) is 4.02. The van der Waals surface area contributed by atoms with E-state index in [-0.39, 0.29) is 0 Å². The Bertz CT molecular complexity index is 393. The van der Waals surface area contributed by atoms with Crippen LogP contribution in [0.3, 0.4) is 0 Å². The van der Waals surface area contributed by atoms with Crippen LogP contribution in [0.4, 0.5) is 0 Å². The van der Waals surface area contributed by atoms with Gasteiger partial charge in [-0.25, -0.2) is 4.98 Å². The maximum Gasteiger partial charge on any atom is 0.156 e. The van der Waals surface area contributed by atoms with Crippen molar-refractivity contribution in [3.8, 4) is 0 Å². The van der Waals surface area contributed by atoms with Crippen molar-refractivity contribution in [2.45, 2.75) is 6.92 Å². The third-order valence-electron chi connectivity index (χ3n) is 1.53. The zero-order valence-electron chi connectivity index (χ0n) is 5.95. The predicted molar refractivity (Wildman–Crippen MR) is 45.4 cm³/mol. The second kappa shape index (κ2) is 2.30. The van der Waals surface area contributed by atoms with E-state index in [9.17, 15) is 0 Å². The largest absolute Gasteiger partial charge is 0.291 e. The van der Waals surface area contributed by atoms with Crippen molar-refractivity contribution >= 4 is 21.6 Å². The fourth-order valence-corrected chi connectivity index (χ4v) is 1.38. The second-order valence-corrected chi connectivity index (χ2v) is 3.04. The third-order valence-corrected chi connectivity index (χ3v) is 2.49. The van der Waals surface area contributed by atoms with Crippen LogP contribution in [0.15, 0.2) is 23.2 Å². The van der Waals surface area contributed by atoms with Crippen molar-refractivity contribution in [2.24, 2.45) is 0 Å². The van der Waals surface area contributed by atoms with E-state index in [2.05, 4.69) is 25.9 Å². The number of fused-ring (bicyclic) bond motifs is 1. The molecule has 2 rings (SSSR count). The van der Waals surface area contributed by atoms with Crippen LogP contribution in [0.2, 0.25) is 0 Å². The van der Waals surface area contributed by atoms with E-state index in [1.54, 1.807) is 12.4 Å². The molecule has 56 valence electrons. The van der Waals surface area contributed by atoms with Gasteiger partial charge in [0.2, 0.25) is 0 Å². The Morgan fingerprint density at radius 3 is 3.09 bits per heavy atom. The molecule has 0 aliphatic carbocycles. The molecule has 0 saturated carbocycles. The van der Waals surface area contributed by atoms with E-state index >= 15 is 0 Å². The van der Waals surface area contributed by atoms with Crippen LogP contribution in [0, 0.1) is 6.92 Å². The molecule has 2 aromatic heterocycles. The molecule has 3 nitrogen and oxygen atoms in total. The fourth-order valence-electron chi connectivity index (χ4n) is 0.994. The van der Waals surface area contributed by atoms with Crippen molar-refractivity contribution in [3.63, 3.8) is 0 Å². The molecule has 0 N–H and O–H groups in total. The van der Waals surface area contributed by atoms with Crippen molar-refractivity contribution < 1.29 is 0 Å². The summed E-state index contributed by atoms with van der Waals surface area (Å²) in [7, 11) is 0. The van der Waals surface area contributed by atoms with Crippen molar-refractivity contribution in [1.29, 1.82) is 0 Å². The van der Waals surface area contributed by atoms with Gasteiger partial charge in [-0.3, -0.25) is 9.38 Å². The monoisotopic (exact) mass is 211 g/mol. The SMILES string of the molecule is Cc1nc2cnccn2c1Br. The van der Waals surface area contributed by atoms with Crippen LogP contribution in [-0.4, -0.2) is 14.4 Å². The minimum Gasteiger partial charge on any atom is -0.291 e. The van der Waals surface area contributed by atoms with E-state index in [1.165, 1.54) is 0 Å². The lowest BCUT2D eigenvalue weighted by molar-refractivity contribution is 1.10. The molecular weight excluding hydrogens is 206 g/mol. The van der Waals surface area contributed by atoms with Crippen molar-refractivity contribution in [2.75, 3.05) is 0 Å². The Morgan fingerprint density at radius 2 is 2.36 bits per heavy atom. The molecule has 0 bridgehead atoms. The molecule has 0 aliphatic rings. The van der Waals surface area contributed by atoms with Gasteiger partial charge in [-0.05, 0) is 22.9 Å². The first kappa shape index (κ1) is 6.79. The summed E-state index contributed by atoms with van der Waals surface area (Å²) < 4.78 is 2.94. The van der Waals surface area contributed by atoms with Crippen LogP contribution >= 0.6 is 15.9 Å².